The van der Waals surface area contributed by atoms with Crippen molar-refractivity contribution >= 4 is 21.8 Å². The molecule has 0 amide bonds. The largest absolute Gasteiger partial charge is 0.516 e. The summed E-state index contributed by atoms with van der Waals surface area (Å²) in [5.41, 5.74) is -2.83. The van der Waals surface area contributed by atoms with Gasteiger partial charge in [0.2, 0.25) is 0 Å². The van der Waals surface area contributed by atoms with Crippen LogP contribution in [0, 0.1) is 6.92 Å². The Morgan fingerprint density at radius 1 is 1.08 bits per heavy atom. The van der Waals surface area contributed by atoms with E-state index in [1.807, 2.05) is 31.2 Å². The number of nitrogens with zero attached hydrogens (tertiary/aromatic N) is 1. The van der Waals surface area contributed by atoms with E-state index in [0.717, 1.165) is 11.1 Å². The SMILES string of the molecule is Cc1ccc(/C=C/[C@@H]2Cc3ccccc3N2S(=O)(=O)C(F)(F)F)cc1. The van der Waals surface area contributed by atoms with Gasteiger partial charge in [-0.15, -0.1) is 0 Å². The van der Waals surface area contributed by atoms with E-state index in [9.17, 15) is 21.6 Å². The lowest BCUT2D eigenvalue weighted by molar-refractivity contribution is -0.0439. The molecule has 0 unspecified atom stereocenters. The Morgan fingerprint density at radius 3 is 2.36 bits per heavy atom. The predicted molar refractivity (Wildman–Crippen MR) is 91.6 cm³/mol. The highest BCUT2D eigenvalue weighted by Crippen LogP contribution is 2.40. The van der Waals surface area contributed by atoms with Crippen LogP contribution in [-0.2, 0) is 16.4 Å². The molecule has 1 aliphatic rings. The molecular weight excluding hydrogens is 351 g/mol. The number of halogens is 3. The molecule has 132 valence electrons. The molecule has 3 nitrogen and oxygen atoms in total. The Morgan fingerprint density at radius 2 is 1.72 bits per heavy atom. The molecule has 25 heavy (non-hydrogen) atoms. The van der Waals surface area contributed by atoms with Gasteiger partial charge in [-0.1, -0.05) is 60.2 Å². The van der Waals surface area contributed by atoms with Crippen LogP contribution in [0.5, 0.6) is 0 Å². The molecule has 0 radical (unpaired) electrons. The highest BCUT2D eigenvalue weighted by Gasteiger charge is 2.53. The lowest BCUT2D eigenvalue weighted by Crippen LogP contribution is -2.44. The number of hydrogen-bond acceptors (Lipinski definition) is 2. The quantitative estimate of drug-likeness (QED) is 0.812. The average Bonchev–Trinajstić information content (AvgIpc) is 2.92. The van der Waals surface area contributed by atoms with Crippen molar-refractivity contribution in [2.75, 3.05) is 4.31 Å². The fourth-order valence-corrected chi connectivity index (χ4v) is 4.01. The van der Waals surface area contributed by atoms with Crippen LogP contribution in [0.3, 0.4) is 0 Å². The number of rotatable bonds is 3. The smallest absolute Gasteiger partial charge is 0.255 e. The van der Waals surface area contributed by atoms with Crippen LogP contribution in [0.1, 0.15) is 16.7 Å². The fourth-order valence-electron chi connectivity index (χ4n) is 2.85. The zero-order valence-corrected chi connectivity index (χ0v) is 14.2. The van der Waals surface area contributed by atoms with Crippen LogP contribution >= 0.6 is 0 Å². The summed E-state index contributed by atoms with van der Waals surface area (Å²) >= 11 is 0. The number of fused-ring (bicyclic) bond motifs is 1. The van der Waals surface area contributed by atoms with Crippen LogP contribution in [0.15, 0.2) is 54.6 Å². The first-order chi connectivity index (χ1) is 11.7. The molecule has 0 saturated carbocycles. The minimum atomic E-state index is -5.47. The van der Waals surface area contributed by atoms with Crippen molar-refractivity contribution in [2.24, 2.45) is 0 Å². The van der Waals surface area contributed by atoms with Gasteiger partial charge < -0.3 is 0 Å². The number of hydrogen-bond donors (Lipinski definition) is 0. The van der Waals surface area contributed by atoms with Crippen LogP contribution in [0.4, 0.5) is 18.9 Å². The molecule has 0 bridgehead atoms. The molecule has 0 aromatic heterocycles. The van der Waals surface area contributed by atoms with Gasteiger partial charge in [0.25, 0.3) is 0 Å². The first-order valence-corrected chi connectivity index (χ1v) is 9.07. The normalized spacial score (nSPS) is 17.9. The maximum absolute atomic E-state index is 13.1. The predicted octanol–water partition coefficient (Wildman–Crippen LogP) is 4.29. The van der Waals surface area contributed by atoms with Crippen molar-refractivity contribution in [1.82, 2.24) is 0 Å². The second-order valence-electron chi connectivity index (χ2n) is 5.92. The van der Waals surface area contributed by atoms with Gasteiger partial charge in [0, 0.05) is 0 Å². The minimum absolute atomic E-state index is 0.0818. The van der Waals surface area contributed by atoms with Gasteiger partial charge >= 0.3 is 15.5 Å². The zero-order valence-electron chi connectivity index (χ0n) is 13.4. The number of anilines is 1. The summed E-state index contributed by atoms with van der Waals surface area (Å²) < 4.78 is 63.9. The second-order valence-corrected chi connectivity index (χ2v) is 7.72. The van der Waals surface area contributed by atoms with Crippen LogP contribution in [0.25, 0.3) is 6.08 Å². The third-order valence-corrected chi connectivity index (χ3v) is 5.67. The first kappa shape index (κ1) is 17.5. The molecular formula is C18H16F3NO2S. The summed E-state index contributed by atoms with van der Waals surface area (Å²) in [6.45, 7) is 1.93. The zero-order chi connectivity index (χ0) is 18.2. The van der Waals surface area contributed by atoms with Crippen LogP contribution < -0.4 is 4.31 Å². The third kappa shape index (κ3) is 3.28. The van der Waals surface area contributed by atoms with Crippen molar-refractivity contribution < 1.29 is 21.6 Å². The molecule has 1 atom stereocenters. The Balaban J connectivity index is 2.00. The van der Waals surface area contributed by atoms with Crippen molar-refractivity contribution in [1.29, 1.82) is 0 Å². The van der Waals surface area contributed by atoms with Crippen molar-refractivity contribution in [3.8, 4) is 0 Å². The van der Waals surface area contributed by atoms with E-state index in [0.29, 0.717) is 9.87 Å². The first-order valence-electron chi connectivity index (χ1n) is 7.63. The number of para-hydroxylation sites is 1. The van der Waals surface area contributed by atoms with Gasteiger partial charge in [-0.25, -0.2) is 0 Å². The van der Waals surface area contributed by atoms with Gasteiger partial charge in [-0.2, -0.15) is 21.6 Å². The van der Waals surface area contributed by atoms with Gasteiger partial charge in [0.05, 0.1) is 11.7 Å². The van der Waals surface area contributed by atoms with E-state index in [2.05, 4.69) is 0 Å². The van der Waals surface area contributed by atoms with Crippen LogP contribution in [-0.4, -0.2) is 20.0 Å². The van der Waals surface area contributed by atoms with Crippen LogP contribution in [0.2, 0.25) is 0 Å². The second kappa shape index (κ2) is 6.22. The van der Waals surface area contributed by atoms with E-state index in [1.54, 1.807) is 18.2 Å². The Kier molecular flexibility index (Phi) is 4.36. The molecule has 0 fully saturated rings. The summed E-state index contributed by atoms with van der Waals surface area (Å²) in [5, 5.41) is 0. The Labute approximate surface area is 144 Å². The Bertz CT molecular complexity index is 903. The third-order valence-electron chi connectivity index (χ3n) is 4.10. The molecule has 0 saturated heterocycles. The summed E-state index contributed by atoms with van der Waals surface area (Å²) in [7, 11) is -5.47. The molecule has 7 heteroatoms. The van der Waals surface area contributed by atoms with Crippen molar-refractivity contribution in [3.05, 3.63) is 71.3 Å². The fraction of sp³-hybridized carbons (Fsp3) is 0.222. The van der Waals surface area contributed by atoms with Gasteiger partial charge in [-0.3, -0.25) is 4.31 Å². The number of alkyl halides is 3. The summed E-state index contributed by atoms with van der Waals surface area (Å²) in [5.74, 6) is 0. The lowest BCUT2D eigenvalue weighted by Gasteiger charge is -2.25. The van der Waals surface area contributed by atoms with E-state index in [-0.39, 0.29) is 12.1 Å². The number of aryl methyl sites for hydroxylation is 1. The maximum Gasteiger partial charge on any atom is 0.516 e. The van der Waals surface area contributed by atoms with Gasteiger partial charge in [0.15, 0.2) is 0 Å². The summed E-state index contributed by atoms with van der Waals surface area (Å²) in [6.07, 6.45) is 3.36. The van der Waals surface area contributed by atoms with Crippen molar-refractivity contribution in [2.45, 2.75) is 24.9 Å². The molecule has 1 heterocycles. The Hall–Kier alpha value is -2.28. The molecule has 0 aliphatic carbocycles. The highest BCUT2D eigenvalue weighted by molar-refractivity contribution is 7.93. The molecule has 0 spiro atoms. The van der Waals surface area contributed by atoms with Gasteiger partial charge in [-0.05, 0) is 30.5 Å². The number of sulfonamides is 1. The highest BCUT2D eigenvalue weighted by atomic mass is 32.2. The molecule has 2 aromatic carbocycles. The molecule has 0 N–H and O–H groups in total. The topological polar surface area (TPSA) is 37.4 Å². The van der Waals surface area contributed by atoms with E-state index >= 15 is 0 Å². The standard InChI is InChI=1S/C18H16F3NO2S/c1-13-6-8-14(9-7-13)10-11-16-12-15-4-2-3-5-17(15)22(16)25(23,24)18(19,20)21/h2-11,16H,12H2,1H3/b11-10+/t16-/m1/s1. The lowest BCUT2D eigenvalue weighted by atomic mass is 10.1. The minimum Gasteiger partial charge on any atom is -0.255 e. The molecule has 3 rings (SSSR count). The molecule has 1 aliphatic heterocycles. The summed E-state index contributed by atoms with van der Waals surface area (Å²) in [4.78, 5) is 0. The van der Waals surface area contributed by atoms with E-state index < -0.39 is 21.6 Å². The van der Waals surface area contributed by atoms with Gasteiger partial charge in [0.1, 0.15) is 0 Å². The monoisotopic (exact) mass is 367 g/mol. The number of benzene rings is 2. The summed E-state index contributed by atoms with van der Waals surface area (Å²) in [6, 6.07) is 12.8. The van der Waals surface area contributed by atoms with Crippen molar-refractivity contribution in [3.63, 3.8) is 0 Å². The van der Waals surface area contributed by atoms with E-state index in [4.69, 9.17) is 0 Å². The van der Waals surface area contributed by atoms with E-state index in [1.165, 1.54) is 18.2 Å². The average molecular weight is 367 g/mol. The molecule has 2 aromatic rings. The maximum atomic E-state index is 13.1.